The van der Waals surface area contributed by atoms with Crippen molar-refractivity contribution in [1.29, 1.82) is 0 Å². The van der Waals surface area contributed by atoms with Crippen LogP contribution in [0.1, 0.15) is 21.7 Å². The van der Waals surface area contributed by atoms with E-state index in [1.807, 2.05) is 18.5 Å². The third-order valence-corrected chi connectivity index (χ3v) is 3.77. The molecule has 2 rings (SSSR count). The van der Waals surface area contributed by atoms with Crippen molar-refractivity contribution in [2.75, 3.05) is 0 Å². The molecule has 5 nitrogen and oxygen atoms in total. The molecule has 1 N–H and O–H groups in total. The van der Waals surface area contributed by atoms with Gasteiger partial charge in [0.15, 0.2) is 5.16 Å². The first-order valence-corrected chi connectivity index (χ1v) is 6.48. The van der Waals surface area contributed by atoms with Crippen LogP contribution in [0.15, 0.2) is 23.4 Å². The van der Waals surface area contributed by atoms with E-state index in [0.29, 0.717) is 5.75 Å². The average molecular weight is 281 g/mol. The van der Waals surface area contributed by atoms with Gasteiger partial charge in [0.25, 0.3) is 0 Å². The lowest BCUT2D eigenvalue weighted by molar-refractivity contribution is 0.0692. The van der Waals surface area contributed by atoms with E-state index in [4.69, 9.17) is 5.11 Å². The molecule has 0 spiro atoms. The number of nitrogens with zero attached hydrogens (tertiary/aromatic N) is 3. The number of thioether (sulfide) groups is 1. The Kier molecular flexibility index (Phi) is 3.84. The molecule has 0 aliphatic carbocycles. The normalized spacial score (nSPS) is 10.7. The number of aromatic nitrogens is 3. The minimum Gasteiger partial charge on any atom is -0.478 e. The van der Waals surface area contributed by atoms with E-state index in [0.717, 1.165) is 16.5 Å². The standard InChI is InChI=1S/C12H12FN3O2S/c1-7-14-15-12(16(7)2)19-6-8-3-4-10(13)9(5-8)11(17)18/h3-5H,6H2,1-2H3,(H,17,18). The first-order chi connectivity index (χ1) is 8.99. The monoisotopic (exact) mass is 281 g/mol. The number of aromatic carboxylic acids is 1. The summed E-state index contributed by atoms with van der Waals surface area (Å²) in [7, 11) is 1.85. The van der Waals surface area contributed by atoms with Crippen molar-refractivity contribution in [3.8, 4) is 0 Å². The van der Waals surface area contributed by atoms with Gasteiger partial charge >= 0.3 is 5.97 Å². The molecule has 1 aromatic heterocycles. The molecule has 0 bridgehead atoms. The molecule has 0 saturated carbocycles. The molecule has 0 atom stereocenters. The van der Waals surface area contributed by atoms with E-state index in [-0.39, 0.29) is 5.56 Å². The van der Waals surface area contributed by atoms with E-state index >= 15 is 0 Å². The second-order valence-corrected chi connectivity index (χ2v) is 4.94. The Morgan fingerprint density at radius 3 is 2.79 bits per heavy atom. The van der Waals surface area contributed by atoms with Gasteiger partial charge < -0.3 is 9.67 Å². The van der Waals surface area contributed by atoms with Crippen LogP contribution >= 0.6 is 11.8 Å². The van der Waals surface area contributed by atoms with Gasteiger partial charge in [-0.1, -0.05) is 17.8 Å². The molecule has 7 heteroatoms. The highest BCUT2D eigenvalue weighted by Crippen LogP contribution is 2.22. The fourth-order valence-corrected chi connectivity index (χ4v) is 2.39. The van der Waals surface area contributed by atoms with Crippen molar-refractivity contribution in [2.24, 2.45) is 7.05 Å². The third-order valence-electron chi connectivity index (χ3n) is 2.68. The minimum absolute atomic E-state index is 0.313. The molecule has 0 radical (unpaired) electrons. The SMILES string of the molecule is Cc1nnc(SCc2ccc(F)c(C(=O)O)c2)n1C. The molecule has 1 aromatic carbocycles. The number of hydrogen-bond acceptors (Lipinski definition) is 4. The van der Waals surface area contributed by atoms with E-state index in [2.05, 4.69) is 10.2 Å². The van der Waals surface area contributed by atoms with Gasteiger partial charge in [0.05, 0.1) is 5.56 Å². The van der Waals surface area contributed by atoms with Crippen molar-refractivity contribution < 1.29 is 14.3 Å². The molecule has 0 unspecified atom stereocenters. The molecular weight excluding hydrogens is 269 g/mol. The topological polar surface area (TPSA) is 68.0 Å². The zero-order chi connectivity index (χ0) is 14.0. The van der Waals surface area contributed by atoms with Crippen molar-refractivity contribution >= 4 is 17.7 Å². The van der Waals surface area contributed by atoms with Crippen LogP contribution in [0.25, 0.3) is 0 Å². The molecule has 0 saturated heterocycles. The van der Waals surface area contributed by atoms with Crippen molar-refractivity contribution in [2.45, 2.75) is 17.8 Å². The molecule has 100 valence electrons. The number of carboxylic acids is 1. The van der Waals surface area contributed by atoms with Crippen LogP contribution in [0.4, 0.5) is 4.39 Å². The molecule has 19 heavy (non-hydrogen) atoms. The second-order valence-electron chi connectivity index (χ2n) is 4.00. The Bertz CT molecular complexity index is 627. The predicted molar refractivity (Wildman–Crippen MR) is 68.7 cm³/mol. The highest BCUT2D eigenvalue weighted by atomic mass is 32.2. The van der Waals surface area contributed by atoms with Crippen LogP contribution in [0.2, 0.25) is 0 Å². The van der Waals surface area contributed by atoms with Gasteiger partial charge in [0.2, 0.25) is 0 Å². The summed E-state index contributed by atoms with van der Waals surface area (Å²) < 4.78 is 15.1. The van der Waals surface area contributed by atoms with Crippen LogP contribution in [0.5, 0.6) is 0 Å². The molecule has 0 aliphatic rings. The molecule has 0 fully saturated rings. The zero-order valence-electron chi connectivity index (χ0n) is 10.4. The van der Waals surface area contributed by atoms with Gasteiger partial charge in [-0.25, -0.2) is 9.18 Å². The van der Waals surface area contributed by atoms with Crippen LogP contribution in [0, 0.1) is 12.7 Å². The summed E-state index contributed by atoms with van der Waals surface area (Å²) >= 11 is 1.42. The maximum atomic E-state index is 13.2. The van der Waals surface area contributed by atoms with Crippen molar-refractivity contribution in [1.82, 2.24) is 14.8 Å². The minimum atomic E-state index is -1.26. The van der Waals surface area contributed by atoms with E-state index in [1.54, 1.807) is 6.07 Å². The Morgan fingerprint density at radius 2 is 2.21 bits per heavy atom. The summed E-state index contributed by atoms with van der Waals surface area (Å²) in [6, 6.07) is 4.08. The molecule has 0 amide bonds. The van der Waals surface area contributed by atoms with E-state index in [9.17, 15) is 9.18 Å². The van der Waals surface area contributed by atoms with Crippen molar-refractivity contribution in [3.05, 3.63) is 41.0 Å². The van der Waals surface area contributed by atoms with Crippen molar-refractivity contribution in [3.63, 3.8) is 0 Å². The largest absolute Gasteiger partial charge is 0.478 e. The first kappa shape index (κ1) is 13.5. The summed E-state index contributed by atoms with van der Waals surface area (Å²) in [6.07, 6.45) is 0. The summed E-state index contributed by atoms with van der Waals surface area (Å²) in [5.74, 6) is -0.686. The molecule has 2 aromatic rings. The smallest absolute Gasteiger partial charge is 0.338 e. The lowest BCUT2D eigenvalue weighted by Crippen LogP contribution is -2.01. The third kappa shape index (κ3) is 2.93. The number of carboxylic acid groups (broad SMARTS) is 1. The number of hydrogen-bond donors (Lipinski definition) is 1. The maximum Gasteiger partial charge on any atom is 0.338 e. The number of carbonyl (C=O) groups is 1. The highest BCUT2D eigenvalue weighted by Gasteiger charge is 2.12. The summed E-state index contributed by atoms with van der Waals surface area (Å²) in [5, 5.41) is 17.5. The van der Waals surface area contributed by atoms with Crippen LogP contribution in [-0.4, -0.2) is 25.8 Å². The second kappa shape index (κ2) is 5.40. The quantitative estimate of drug-likeness (QED) is 0.871. The number of rotatable bonds is 4. The fourth-order valence-electron chi connectivity index (χ4n) is 1.49. The lowest BCUT2D eigenvalue weighted by atomic mass is 10.1. The van der Waals surface area contributed by atoms with Gasteiger partial charge in [-0.2, -0.15) is 0 Å². The molecule has 1 heterocycles. The van der Waals surface area contributed by atoms with Gasteiger partial charge in [0, 0.05) is 12.8 Å². The molecule has 0 aliphatic heterocycles. The predicted octanol–water partition coefficient (Wildman–Crippen LogP) is 2.25. The Morgan fingerprint density at radius 1 is 1.47 bits per heavy atom. The number of aryl methyl sites for hydroxylation is 1. The van der Waals surface area contributed by atoms with Crippen LogP contribution < -0.4 is 0 Å². The zero-order valence-corrected chi connectivity index (χ0v) is 11.2. The number of halogens is 1. The Balaban J connectivity index is 2.14. The van der Waals surface area contributed by atoms with Crippen LogP contribution in [-0.2, 0) is 12.8 Å². The lowest BCUT2D eigenvalue weighted by Gasteiger charge is -2.04. The van der Waals surface area contributed by atoms with Gasteiger partial charge in [-0.15, -0.1) is 10.2 Å². The van der Waals surface area contributed by atoms with Gasteiger partial charge in [0.1, 0.15) is 11.6 Å². The maximum absolute atomic E-state index is 13.2. The van der Waals surface area contributed by atoms with E-state index < -0.39 is 11.8 Å². The summed E-state index contributed by atoms with van der Waals surface area (Å²) in [6.45, 7) is 1.84. The number of benzene rings is 1. The van der Waals surface area contributed by atoms with E-state index in [1.165, 1.54) is 23.9 Å². The van der Waals surface area contributed by atoms with Crippen LogP contribution in [0.3, 0.4) is 0 Å². The summed E-state index contributed by atoms with van der Waals surface area (Å²) in [4.78, 5) is 10.8. The van der Waals surface area contributed by atoms with Gasteiger partial charge in [-0.3, -0.25) is 0 Å². The Labute approximate surface area is 113 Å². The van der Waals surface area contributed by atoms with Gasteiger partial charge in [-0.05, 0) is 24.6 Å². The highest BCUT2D eigenvalue weighted by molar-refractivity contribution is 7.98. The Hall–Kier alpha value is -1.89. The summed E-state index contributed by atoms with van der Waals surface area (Å²) in [5.41, 5.74) is 0.414. The fraction of sp³-hybridized carbons (Fsp3) is 0.250. The molecular formula is C12H12FN3O2S. The average Bonchev–Trinajstić information content (AvgIpc) is 2.69. The first-order valence-electron chi connectivity index (χ1n) is 5.49.